The zero-order chi connectivity index (χ0) is 10.4. The zero-order valence-corrected chi connectivity index (χ0v) is 9.55. The van der Waals surface area contributed by atoms with Gasteiger partial charge in [0.1, 0.15) is 0 Å². The maximum absolute atomic E-state index is 9.98. The van der Waals surface area contributed by atoms with Crippen LogP contribution in [0.15, 0.2) is 0 Å². The first kappa shape index (κ1) is 12.0. The van der Waals surface area contributed by atoms with Gasteiger partial charge in [0.05, 0.1) is 5.60 Å². The predicted octanol–water partition coefficient (Wildman–Crippen LogP) is 0.833. The molecular weight excluding hydrogens is 176 g/mol. The molecule has 1 heterocycles. The molecule has 3 heteroatoms. The third-order valence-electron chi connectivity index (χ3n) is 2.75. The molecule has 84 valence electrons. The van der Waals surface area contributed by atoms with Crippen LogP contribution in [-0.4, -0.2) is 48.3 Å². The summed E-state index contributed by atoms with van der Waals surface area (Å²) in [6.45, 7) is 8.87. The molecule has 0 radical (unpaired) electrons. The quantitative estimate of drug-likeness (QED) is 0.660. The number of hydrogen-bond donors (Lipinski definition) is 2. The molecule has 0 aromatic carbocycles. The van der Waals surface area contributed by atoms with E-state index in [1.165, 1.54) is 19.3 Å². The van der Waals surface area contributed by atoms with Crippen LogP contribution in [0, 0.1) is 0 Å². The first-order valence-corrected chi connectivity index (χ1v) is 5.79. The van der Waals surface area contributed by atoms with Crippen LogP contribution in [0.4, 0.5) is 0 Å². The molecule has 2 N–H and O–H groups in total. The summed E-state index contributed by atoms with van der Waals surface area (Å²) in [5.41, 5.74) is -0.553. The highest BCUT2D eigenvalue weighted by atomic mass is 16.3. The Morgan fingerprint density at radius 3 is 2.93 bits per heavy atom. The Hall–Kier alpha value is -0.120. The minimum Gasteiger partial charge on any atom is -0.388 e. The topological polar surface area (TPSA) is 35.5 Å². The summed E-state index contributed by atoms with van der Waals surface area (Å²) in [7, 11) is 0. The fourth-order valence-electron chi connectivity index (χ4n) is 1.99. The minimum atomic E-state index is -0.553. The average Bonchev–Trinajstić information content (AvgIpc) is 2.27. The van der Waals surface area contributed by atoms with Crippen molar-refractivity contribution in [1.82, 2.24) is 10.2 Å². The molecular formula is C11H24N2O. The molecule has 1 rings (SSSR count). The predicted molar refractivity (Wildman–Crippen MR) is 59.5 cm³/mol. The highest BCUT2D eigenvalue weighted by Gasteiger charge is 2.25. The SMILES string of the molecule is CCCCCN1CCNCC(C)(O)C1. The van der Waals surface area contributed by atoms with E-state index in [9.17, 15) is 5.11 Å². The van der Waals surface area contributed by atoms with E-state index in [0.717, 1.165) is 32.7 Å². The molecule has 0 bridgehead atoms. The number of nitrogens with zero attached hydrogens (tertiary/aromatic N) is 1. The third-order valence-corrected chi connectivity index (χ3v) is 2.75. The summed E-state index contributed by atoms with van der Waals surface area (Å²) in [4.78, 5) is 2.37. The average molecular weight is 200 g/mol. The Labute approximate surface area is 87.5 Å². The second-order valence-electron chi connectivity index (χ2n) is 4.66. The second-order valence-corrected chi connectivity index (χ2v) is 4.66. The normalized spacial score (nSPS) is 30.2. The van der Waals surface area contributed by atoms with Gasteiger partial charge in [0.2, 0.25) is 0 Å². The van der Waals surface area contributed by atoms with Gasteiger partial charge in [-0.2, -0.15) is 0 Å². The highest BCUT2D eigenvalue weighted by molar-refractivity contribution is 4.83. The zero-order valence-electron chi connectivity index (χ0n) is 9.55. The third kappa shape index (κ3) is 4.40. The summed E-state index contributed by atoms with van der Waals surface area (Å²) in [5.74, 6) is 0. The molecule has 0 aliphatic carbocycles. The Morgan fingerprint density at radius 1 is 1.43 bits per heavy atom. The van der Waals surface area contributed by atoms with Crippen LogP contribution in [0.2, 0.25) is 0 Å². The summed E-state index contributed by atoms with van der Waals surface area (Å²) in [6, 6.07) is 0. The van der Waals surface area contributed by atoms with Gasteiger partial charge in [-0.1, -0.05) is 19.8 Å². The van der Waals surface area contributed by atoms with E-state index in [0.29, 0.717) is 0 Å². The molecule has 3 nitrogen and oxygen atoms in total. The fourth-order valence-corrected chi connectivity index (χ4v) is 1.99. The van der Waals surface area contributed by atoms with Gasteiger partial charge < -0.3 is 10.4 Å². The minimum absolute atomic E-state index is 0.553. The van der Waals surface area contributed by atoms with E-state index in [2.05, 4.69) is 17.1 Å². The smallest absolute Gasteiger partial charge is 0.0869 e. The molecule has 0 amide bonds. The number of nitrogens with one attached hydrogen (secondary N) is 1. The number of β-amino-alcohol motifs (C(OH)–C–C–N with tert-alkyl or cyclic N) is 1. The monoisotopic (exact) mass is 200 g/mol. The molecule has 1 saturated heterocycles. The van der Waals surface area contributed by atoms with Gasteiger partial charge in [0.25, 0.3) is 0 Å². The van der Waals surface area contributed by atoms with Gasteiger partial charge in [-0.3, -0.25) is 4.90 Å². The van der Waals surface area contributed by atoms with Gasteiger partial charge in [0.15, 0.2) is 0 Å². The van der Waals surface area contributed by atoms with Crippen molar-refractivity contribution >= 4 is 0 Å². The molecule has 0 aromatic heterocycles. The lowest BCUT2D eigenvalue weighted by Crippen LogP contribution is -2.43. The van der Waals surface area contributed by atoms with E-state index < -0.39 is 5.60 Å². The van der Waals surface area contributed by atoms with Gasteiger partial charge >= 0.3 is 0 Å². The van der Waals surface area contributed by atoms with Crippen molar-refractivity contribution in [3.63, 3.8) is 0 Å². The molecule has 1 atom stereocenters. The van der Waals surface area contributed by atoms with Crippen molar-refractivity contribution in [2.75, 3.05) is 32.7 Å². The number of aliphatic hydroxyl groups is 1. The Bertz CT molecular complexity index is 159. The second kappa shape index (κ2) is 5.69. The molecule has 1 aliphatic rings. The standard InChI is InChI=1S/C11H24N2O/c1-3-4-5-7-13-8-6-12-9-11(2,14)10-13/h12,14H,3-10H2,1-2H3. The van der Waals surface area contributed by atoms with E-state index in [-0.39, 0.29) is 0 Å². The maximum atomic E-state index is 9.98. The van der Waals surface area contributed by atoms with Gasteiger partial charge in [0, 0.05) is 26.2 Å². The van der Waals surface area contributed by atoms with E-state index in [4.69, 9.17) is 0 Å². The van der Waals surface area contributed by atoms with Gasteiger partial charge in [-0.05, 0) is 19.9 Å². The van der Waals surface area contributed by atoms with Gasteiger partial charge in [-0.25, -0.2) is 0 Å². The van der Waals surface area contributed by atoms with Crippen LogP contribution >= 0.6 is 0 Å². The van der Waals surface area contributed by atoms with Crippen molar-refractivity contribution in [3.05, 3.63) is 0 Å². The van der Waals surface area contributed by atoms with E-state index in [1.54, 1.807) is 0 Å². The summed E-state index contributed by atoms with van der Waals surface area (Å²) in [5, 5.41) is 13.2. The van der Waals surface area contributed by atoms with Crippen LogP contribution in [0.3, 0.4) is 0 Å². The van der Waals surface area contributed by atoms with Crippen molar-refractivity contribution < 1.29 is 5.11 Å². The van der Waals surface area contributed by atoms with Gasteiger partial charge in [-0.15, -0.1) is 0 Å². The molecule has 14 heavy (non-hydrogen) atoms. The maximum Gasteiger partial charge on any atom is 0.0869 e. The fraction of sp³-hybridized carbons (Fsp3) is 1.00. The largest absolute Gasteiger partial charge is 0.388 e. The summed E-state index contributed by atoms with van der Waals surface area (Å²) < 4.78 is 0. The summed E-state index contributed by atoms with van der Waals surface area (Å²) >= 11 is 0. The Kier molecular flexibility index (Phi) is 4.85. The number of hydrogen-bond acceptors (Lipinski definition) is 3. The molecule has 1 unspecified atom stereocenters. The molecule has 0 saturated carbocycles. The number of rotatable bonds is 4. The highest BCUT2D eigenvalue weighted by Crippen LogP contribution is 2.09. The van der Waals surface area contributed by atoms with Crippen molar-refractivity contribution in [3.8, 4) is 0 Å². The molecule has 1 aliphatic heterocycles. The molecule has 0 spiro atoms. The van der Waals surface area contributed by atoms with Crippen molar-refractivity contribution in [2.45, 2.75) is 38.7 Å². The van der Waals surface area contributed by atoms with Crippen LogP contribution in [0.1, 0.15) is 33.1 Å². The van der Waals surface area contributed by atoms with E-state index in [1.807, 2.05) is 6.92 Å². The lowest BCUT2D eigenvalue weighted by atomic mass is 10.1. The Balaban J connectivity index is 2.28. The van der Waals surface area contributed by atoms with Crippen LogP contribution in [0.25, 0.3) is 0 Å². The first-order valence-electron chi connectivity index (χ1n) is 5.79. The molecule has 1 fully saturated rings. The van der Waals surface area contributed by atoms with Crippen molar-refractivity contribution in [2.24, 2.45) is 0 Å². The van der Waals surface area contributed by atoms with Crippen LogP contribution < -0.4 is 5.32 Å². The summed E-state index contributed by atoms with van der Waals surface area (Å²) in [6.07, 6.45) is 3.82. The van der Waals surface area contributed by atoms with Crippen molar-refractivity contribution in [1.29, 1.82) is 0 Å². The van der Waals surface area contributed by atoms with Crippen LogP contribution in [-0.2, 0) is 0 Å². The number of unbranched alkanes of at least 4 members (excludes halogenated alkanes) is 2. The van der Waals surface area contributed by atoms with Crippen LogP contribution in [0.5, 0.6) is 0 Å². The Morgan fingerprint density at radius 2 is 2.21 bits per heavy atom. The molecule has 0 aromatic rings. The van der Waals surface area contributed by atoms with E-state index >= 15 is 0 Å². The lowest BCUT2D eigenvalue weighted by Gasteiger charge is -2.27. The lowest BCUT2D eigenvalue weighted by molar-refractivity contribution is 0.0338. The first-order chi connectivity index (χ1) is 6.64.